The predicted octanol–water partition coefficient (Wildman–Crippen LogP) is -0.0586. The number of benzene rings is 1. The van der Waals surface area contributed by atoms with Gasteiger partial charge in [0.15, 0.2) is 6.29 Å². The SMILES string of the molecule is O=Cc1cc(B(O)O)ccc1Br. The molecule has 0 aliphatic heterocycles. The van der Waals surface area contributed by atoms with Gasteiger partial charge in [-0.3, -0.25) is 4.79 Å². The zero-order valence-corrected chi connectivity index (χ0v) is 7.65. The zero-order chi connectivity index (χ0) is 9.14. The molecule has 2 N–H and O–H groups in total. The van der Waals surface area contributed by atoms with E-state index in [1.807, 2.05) is 0 Å². The summed E-state index contributed by atoms with van der Waals surface area (Å²) in [6, 6.07) is 4.54. The molecular weight excluding hydrogens is 223 g/mol. The van der Waals surface area contributed by atoms with E-state index < -0.39 is 7.12 Å². The monoisotopic (exact) mass is 228 g/mol. The van der Waals surface area contributed by atoms with Crippen molar-refractivity contribution in [2.75, 3.05) is 0 Å². The van der Waals surface area contributed by atoms with Crippen LogP contribution in [0, 0.1) is 0 Å². The first kappa shape index (κ1) is 9.44. The standard InChI is InChI=1S/C7H6BBrO3/c9-7-2-1-6(8(11)12)3-5(7)4-10/h1-4,11-12H. The van der Waals surface area contributed by atoms with E-state index in [-0.39, 0.29) is 0 Å². The molecule has 0 radical (unpaired) electrons. The second kappa shape index (κ2) is 3.84. The van der Waals surface area contributed by atoms with Gasteiger partial charge in [-0.05, 0) is 11.5 Å². The van der Waals surface area contributed by atoms with Crippen LogP contribution in [-0.4, -0.2) is 23.5 Å². The molecule has 0 bridgehead atoms. The van der Waals surface area contributed by atoms with Gasteiger partial charge in [-0.1, -0.05) is 28.1 Å². The average molecular weight is 229 g/mol. The lowest BCUT2D eigenvalue weighted by Crippen LogP contribution is -2.29. The highest BCUT2D eigenvalue weighted by molar-refractivity contribution is 9.10. The molecule has 0 amide bonds. The summed E-state index contributed by atoms with van der Waals surface area (Å²) in [7, 11) is -1.53. The van der Waals surface area contributed by atoms with Crippen LogP contribution in [0.15, 0.2) is 22.7 Å². The van der Waals surface area contributed by atoms with Gasteiger partial charge in [0.2, 0.25) is 0 Å². The molecule has 0 saturated carbocycles. The van der Waals surface area contributed by atoms with Gasteiger partial charge in [0.05, 0.1) is 0 Å². The summed E-state index contributed by atoms with van der Waals surface area (Å²) in [5.74, 6) is 0. The molecule has 5 heteroatoms. The molecule has 0 heterocycles. The van der Waals surface area contributed by atoms with Crippen LogP contribution in [0.1, 0.15) is 10.4 Å². The van der Waals surface area contributed by atoms with E-state index in [1.54, 1.807) is 6.07 Å². The van der Waals surface area contributed by atoms with E-state index in [0.29, 0.717) is 21.8 Å². The van der Waals surface area contributed by atoms with Gasteiger partial charge in [-0.2, -0.15) is 0 Å². The first-order chi connectivity index (χ1) is 5.65. The van der Waals surface area contributed by atoms with E-state index in [2.05, 4.69) is 15.9 Å². The average Bonchev–Trinajstić information content (AvgIpc) is 2.05. The van der Waals surface area contributed by atoms with Gasteiger partial charge < -0.3 is 10.0 Å². The van der Waals surface area contributed by atoms with Gasteiger partial charge >= 0.3 is 7.12 Å². The molecule has 0 aromatic heterocycles. The Morgan fingerprint density at radius 3 is 2.58 bits per heavy atom. The lowest BCUT2D eigenvalue weighted by Gasteiger charge is -2.01. The van der Waals surface area contributed by atoms with E-state index in [1.165, 1.54) is 12.1 Å². The van der Waals surface area contributed by atoms with E-state index in [9.17, 15) is 4.79 Å². The van der Waals surface area contributed by atoms with Crippen LogP contribution in [-0.2, 0) is 0 Å². The maximum atomic E-state index is 10.4. The Balaban J connectivity index is 3.13. The molecule has 1 aromatic carbocycles. The van der Waals surface area contributed by atoms with Crippen molar-refractivity contribution in [3.63, 3.8) is 0 Å². The third kappa shape index (κ3) is 1.94. The topological polar surface area (TPSA) is 57.5 Å². The lowest BCUT2D eigenvalue weighted by molar-refractivity contribution is 0.112. The number of aldehydes is 1. The Kier molecular flexibility index (Phi) is 3.02. The fourth-order valence-corrected chi connectivity index (χ4v) is 1.15. The fourth-order valence-electron chi connectivity index (χ4n) is 0.813. The Labute approximate surface area is 78.3 Å². The quantitative estimate of drug-likeness (QED) is 0.551. The summed E-state index contributed by atoms with van der Waals surface area (Å²) in [6.07, 6.45) is 0.649. The van der Waals surface area contributed by atoms with Gasteiger partial charge in [0, 0.05) is 10.0 Å². The highest BCUT2D eigenvalue weighted by atomic mass is 79.9. The van der Waals surface area contributed by atoms with Crippen molar-refractivity contribution < 1.29 is 14.8 Å². The molecule has 0 fully saturated rings. The van der Waals surface area contributed by atoms with Crippen molar-refractivity contribution in [3.05, 3.63) is 28.2 Å². The third-order valence-corrected chi connectivity index (χ3v) is 2.17. The largest absolute Gasteiger partial charge is 0.488 e. The van der Waals surface area contributed by atoms with Crippen LogP contribution < -0.4 is 5.46 Å². The second-order valence-corrected chi connectivity index (χ2v) is 3.13. The third-order valence-electron chi connectivity index (χ3n) is 1.45. The molecule has 1 aromatic rings. The number of halogens is 1. The Morgan fingerprint density at radius 1 is 1.42 bits per heavy atom. The van der Waals surface area contributed by atoms with Crippen molar-refractivity contribution in [1.82, 2.24) is 0 Å². The maximum absolute atomic E-state index is 10.4. The molecule has 3 nitrogen and oxygen atoms in total. The van der Waals surface area contributed by atoms with Crippen LogP contribution in [0.25, 0.3) is 0 Å². The summed E-state index contributed by atoms with van der Waals surface area (Å²) in [6.45, 7) is 0. The van der Waals surface area contributed by atoms with Crippen molar-refractivity contribution in [2.24, 2.45) is 0 Å². The molecular formula is C7H6BBrO3. The molecule has 62 valence electrons. The Morgan fingerprint density at radius 2 is 2.08 bits per heavy atom. The molecule has 0 unspecified atom stereocenters. The molecule has 0 aliphatic rings. The molecule has 1 rings (SSSR count). The van der Waals surface area contributed by atoms with E-state index in [0.717, 1.165) is 0 Å². The minimum absolute atomic E-state index is 0.306. The predicted molar refractivity (Wildman–Crippen MR) is 49.4 cm³/mol. The molecule has 0 atom stereocenters. The zero-order valence-electron chi connectivity index (χ0n) is 6.07. The van der Waals surface area contributed by atoms with Gasteiger partial charge in [-0.25, -0.2) is 0 Å². The Hall–Kier alpha value is -0.645. The molecule has 0 aliphatic carbocycles. The molecule has 12 heavy (non-hydrogen) atoms. The van der Waals surface area contributed by atoms with Crippen molar-refractivity contribution >= 4 is 34.8 Å². The smallest absolute Gasteiger partial charge is 0.423 e. The number of rotatable bonds is 2. The summed E-state index contributed by atoms with van der Waals surface area (Å²) in [4.78, 5) is 10.4. The minimum atomic E-state index is -1.53. The number of hydrogen-bond donors (Lipinski definition) is 2. The Bertz CT molecular complexity index is 301. The fraction of sp³-hybridized carbons (Fsp3) is 0. The van der Waals surface area contributed by atoms with Gasteiger partial charge in [0.25, 0.3) is 0 Å². The summed E-state index contributed by atoms with van der Waals surface area (Å²) in [5.41, 5.74) is 0.709. The highest BCUT2D eigenvalue weighted by Crippen LogP contribution is 2.12. The number of carbonyl (C=O) groups excluding carboxylic acids is 1. The lowest BCUT2D eigenvalue weighted by atomic mass is 9.80. The van der Waals surface area contributed by atoms with Crippen LogP contribution in [0.5, 0.6) is 0 Å². The summed E-state index contributed by atoms with van der Waals surface area (Å²) in [5, 5.41) is 17.5. The van der Waals surface area contributed by atoms with Gasteiger partial charge in [-0.15, -0.1) is 0 Å². The van der Waals surface area contributed by atoms with Crippen molar-refractivity contribution in [1.29, 1.82) is 0 Å². The number of carbonyl (C=O) groups is 1. The van der Waals surface area contributed by atoms with E-state index in [4.69, 9.17) is 10.0 Å². The molecule has 0 saturated heterocycles. The van der Waals surface area contributed by atoms with Crippen LogP contribution >= 0.6 is 15.9 Å². The molecule has 0 spiro atoms. The minimum Gasteiger partial charge on any atom is -0.423 e. The number of hydrogen-bond acceptors (Lipinski definition) is 3. The normalized spacial score (nSPS) is 9.58. The second-order valence-electron chi connectivity index (χ2n) is 2.27. The first-order valence-corrected chi connectivity index (χ1v) is 4.05. The first-order valence-electron chi connectivity index (χ1n) is 3.26. The summed E-state index contributed by atoms with van der Waals surface area (Å²) >= 11 is 3.15. The van der Waals surface area contributed by atoms with E-state index >= 15 is 0 Å². The van der Waals surface area contributed by atoms with Crippen LogP contribution in [0.4, 0.5) is 0 Å². The summed E-state index contributed by atoms with van der Waals surface area (Å²) < 4.78 is 0.641. The highest BCUT2D eigenvalue weighted by Gasteiger charge is 2.11. The van der Waals surface area contributed by atoms with Crippen molar-refractivity contribution in [2.45, 2.75) is 0 Å². The van der Waals surface area contributed by atoms with Gasteiger partial charge in [0.1, 0.15) is 0 Å². The van der Waals surface area contributed by atoms with Crippen molar-refractivity contribution in [3.8, 4) is 0 Å². The maximum Gasteiger partial charge on any atom is 0.488 e. The van der Waals surface area contributed by atoms with Crippen LogP contribution in [0.3, 0.4) is 0 Å². The van der Waals surface area contributed by atoms with Crippen LogP contribution in [0.2, 0.25) is 0 Å².